The lowest BCUT2D eigenvalue weighted by Gasteiger charge is -2.24. The second-order valence-corrected chi connectivity index (χ2v) is 4.05. The van der Waals surface area contributed by atoms with Crippen molar-refractivity contribution in [2.24, 2.45) is 5.92 Å². The molecule has 0 aliphatic carbocycles. The third-order valence-electron chi connectivity index (χ3n) is 2.76. The Morgan fingerprint density at radius 3 is 3.08 bits per heavy atom. The van der Waals surface area contributed by atoms with E-state index in [1.165, 1.54) is 38.9 Å². The van der Waals surface area contributed by atoms with Gasteiger partial charge in [-0.1, -0.05) is 6.08 Å². The van der Waals surface area contributed by atoms with Crippen molar-refractivity contribution in [2.45, 2.75) is 19.3 Å². The van der Waals surface area contributed by atoms with Crippen LogP contribution in [0.15, 0.2) is 12.7 Å². The van der Waals surface area contributed by atoms with E-state index in [2.05, 4.69) is 23.8 Å². The highest BCUT2D eigenvalue weighted by atomic mass is 15.1. The zero-order chi connectivity index (χ0) is 9.52. The normalized spacial score (nSPS) is 23.4. The minimum Gasteiger partial charge on any atom is -0.316 e. The Hall–Kier alpha value is -0.340. The zero-order valence-corrected chi connectivity index (χ0v) is 8.76. The number of hydrogen-bond acceptors (Lipinski definition) is 2. The van der Waals surface area contributed by atoms with E-state index < -0.39 is 0 Å². The van der Waals surface area contributed by atoms with Gasteiger partial charge in [0.15, 0.2) is 0 Å². The van der Waals surface area contributed by atoms with Crippen LogP contribution in [-0.4, -0.2) is 38.1 Å². The molecule has 1 atom stereocenters. The average molecular weight is 182 g/mol. The van der Waals surface area contributed by atoms with Gasteiger partial charge in [0.1, 0.15) is 0 Å². The van der Waals surface area contributed by atoms with E-state index in [4.69, 9.17) is 0 Å². The zero-order valence-electron chi connectivity index (χ0n) is 8.76. The van der Waals surface area contributed by atoms with Crippen molar-refractivity contribution in [3.05, 3.63) is 12.7 Å². The van der Waals surface area contributed by atoms with Crippen molar-refractivity contribution >= 4 is 0 Å². The van der Waals surface area contributed by atoms with Crippen LogP contribution in [0.3, 0.4) is 0 Å². The molecule has 0 bridgehead atoms. The van der Waals surface area contributed by atoms with Crippen molar-refractivity contribution in [1.82, 2.24) is 10.2 Å². The number of nitrogens with zero attached hydrogens (tertiary/aromatic N) is 1. The highest BCUT2D eigenvalue weighted by Crippen LogP contribution is 2.13. The van der Waals surface area contributed by atoms with Crippen LogP contribution >= 0.6 is 0 Å². The predicted octanol–water partition coefficient (Wildman–Crippen LogP) is 1.49. The van der Waals surface area contributed by atoms with Gasteiger partial charge < -0.3 is 10.2 Å². The van der Waals surface area contributed by atoms with Gasteiger partial charge in [-0.05, 0) is 51.9 Å². The average Bonchev–Trinajstić information content (AvgIpc) is 2.17. The topological polar surface area (TPSA) is 15.3 Å². The van der Waals surface area contributed by atoms with Crippen LogP contribution in [-0.2, 0) is 0 Å². The fraction of sp³-hybridized carbons (Fsp3) is 0.818. The third kappa shape index (κ3) is 4.44. The first-order chi connectivity index (χ1) is 6.33. The molecule has 2 nitrogen and oxygen atoms in total. The maximum Gasteiger partial charge on any atom is 0.0157 e. The van der Waals surface area contributed by atoms with Crippen molar-refractivity contribution in [3.63, 3.8) is 0 Å². The Bertz CT molecular complexity index is 139. The summed E-state index contributed by atoms with van der Waals surface area (Å²) in [7, 11) is 2.16. The fourth-order valence-corrected chi connectivity index (χ4v) is 1.89. The van der Waals surface area contributed by atoms with Gasteiger partial charge in [0.25, 0.3) is 0 Å². The van der Waals surface area contributed by atoms with Crippen LogP contribution < -0.4 is 5.32 Å². The summed E-state index contributed by atoms with van der Waals surface area (Å²) >= 11 is 0. The number of rotatable bonds is 5. The van der Waals surface area contributed by atoms with Crippen LogP contribution in [0.5, 0.6) is 0 Å². The molecule has 0 spiro atoms. The van der Waals surface area contributed by atoms with E-state index in [0.29, 0.717) is 0 Å². The minimum absolute atomic E-state index is 0.904. The SMILES string of the molecule is C=CCN(C)CCC1CCCNC1. The maximum absolute atomic E-state index is 3.74. The summed E-state index contributed by atoms with van der Waals surface area (Å²) in [5, 5.41) is 3.45. The molecule has 76 valence electrons. The van der Waals surface area contributed by atoms with Crippen molar-refractivity contribution in [2.75, 3.05) is 33.2 Å². The molecule has 1 N–H and O–H groups in total. The van der Waals surface area contributed by atoms with Gasteiger partial charge in [0.05, 0.1) is 0 Å². The standard InChI is InChI=1S/C11H22N2/c1-3-8-13(2)9-6-11-5-4-7-12-10-11/h3,11-12H,1,4-10H2,2H3. The van der Waals surface area contributed by atoms with Gasteiger partial charge in [0, 0.05) is 6.54 Å². The van der Waals surface area contributed by atoms with Crippen molar-refractivity contribution in [3.8, 4) is 0 Å². The van der Waals surface area contributed by atoms with Gasteiger partial charge in [-0.15, -0.1) is 6.58 Å². The molecule has 0 aromatic heterocycles. The van der Waals surface area contributed by atoms with E-state index in [1.807, 2.05) is 6.08 Å². The summed E-state index contributed by atoms with van der Waals surface area (Å²) in [6.45, 7) is 8.41. The lowest BCUT2D eigenvalue weighted by molar-refractivity contribution is 0.289. The molecule has 1 aliphatic rings. The van der Waals surface area contributed by atoms with Gasteiger partial charge in [-0.3, -0.25) is 0 Å². The Morgan fingerprint density at radius 2 is 2.46 bits per heavy atom. The van der Waals surface area contributed by atoms with Crippen LogP contribution in [0.4, 0.5) is 0 Å². The minimum atomic E-state index is 0.904. The second kappa shape index (κ2) is 6.17. The molecule has 0 saturated carbocycles. The summed E-state index contributed by atoms with van der Waals surface area (Å²) in [5.41, 5.74) is 0. The molecule has 0 amide bonds. The van der Waals surface area contributed by atoms with Crippen LogP contribution in [0.2, 0.25) is 0 Å². The molecular weight excluding hydrogens is 160 g/mol. The summed E-state index contributed by atoms with van der Waals surface area (Å²) in [4.78, 5) is 2.33. The largest absolute Gasteiger partial charge is 0.316 e. The highest BCUT2D eigenvalue weighted by molar-refractivity contribution is 4.74. The Balaban J connectivity index is 2.06. The van der Waals surface area contributed by atoms with E-state index >= 15 is 0 Å². The van der Waals surface area contributed by atoms with Crippen LogP contribution in [0, 0.1) is 5.92 Å². The first kappa shape index (κ1) is 10.7. The molecule has 1 heterocycles. The van der Waals surface area contributed by atoms with Gasteiger partial charge >= 0.3 is 0 Å². The molecular formula is C11H22N2. The fourth-order valence-electron chi connectivity index (χ4n) is 1.89. The Morgan fingerprint density at radius 1 is 1.62 bits per heavy atom. The number of hydrogen-bond donors (Lipinski definition) is 1. The number of likely N-dealkylation sites (N-methyl/N-ethyl adjacent to an activating group) is 1. The monoisotopic (exact) mass is 182 g/mol. The summed E-state index contributed by atoms with van der Waals surface area (Å²) in [5.74, 6) is 0.904. The first-order valence-electron chi connectivity index (χ1n) is 5.33. The quantitative estimate of drug-likeness (QED) is 0.648. The lowest BCUT2D eigenvalue weighted by atomic mass is 9.96. The van der Waals surface area contributed by atoms with Crippen molar-refractivity contribution < 1.29 is 0 Å². The third-order valence-corrected chi connectivity index (χ3v) is 2.76. The second-order valence-electron chi connectivity index (χ2n) is 4.05. The molecule has 0 aromatic carbocycles. The molecule has 0 radical (unpaired) electrons. The Labute approximate surface area is 82.0 Å². The van der Waals surface area contributed by atoms with Gasteiger partial charge in [0.2, 0.25) is 0 Å². The highest BCUT2D eigenvalue weighted by Gasteiger charge is 2.12. The molecule has 0 aromatic rings. The molecule has 2 heteroatoms. The van der Waals surface area contributed by atoms with Crippen molar-refractivity contribution in [1.29, 1.82) is 0 Å². The molecule has 1 fully saturated rings. The molecule has 1 saturated heterocycles. The van der Waals surface area contributed by atoms with Crippen LogP contribution in [0.25, 0.3) is 0 Å². The lowest BCUT2D eigenvalue weighted by Crippen LogP contribution is -2.32. The first-order valence-corrected chi connectivity index (χ1v) is 5.33. The molecule has 13 heavy (non-hydrogen) atoms. The van der Waals surface area contributed by atoms with E-state index in [1.54, 1.807) is 0 Å². The summed E-state index contributed by atoms with van der Waals surface area (Å²) in [6, 6.07) is 0. The smallest absolute Gasteiger partial charge is 0.0157 e. The van der Waals surface area contributed by atoms with Gasteiger partial charge in [-0.25, -0.2) is 0 Å². The Kier molecular flexibility index (Phi) is 5.09. The van der Waals surface area contributed by atoms with E-state index in [0.717, 1.165) is 12.5 Å². The van der Waals surface area contributed by atoms with Crippen LogP contribution in [0.1, 0.15) is 19.3 Å². The number of piperidine rings is 1. The molecule has 1 unspecified atom stereocenters. The van der Waals surface area contributed by atoms with Gasteiger partial charge in [-0.2, -0.15) is 0 Å². The van der Waals surface area contributed by atoms with E-state index in [9.17, 15) is 0 Å². The molecule has 1 aliphatic heterocycles. The summed E-state index contributed by atoms with van der Waals surface area (Å²) < 4.78 is 0. The summed E-state index contributed by atoms with van der Waals surface area (Å²) in [6.07, 6.45) is 6.07. The predicted molar refractivity (Wildman–Crippen MR) is 57.9 cm³/mol. The molecule has 1 rings (SSSR count). The number of nitrogens with one attached hydrogen (secondary N) is 1. The van der Waals surface area contributed by atoms with E-state index in [-0.39, 0.29) is 0 Å². The maximum atomic E-state index is 3.74.